The first-order valence-electron chi connectivity index (χ1n) is 9.59. The van der Waals surface area contributed by atoms with Crippen LogP contribution in [-0.2, 0) is 25.7 Å². The van der Waals surface area contributed by atoms with Crippen molar-refractivity contribution in [1.29, 1.82) is 0 Å². The number of alkyl halides is 3. The van der Waals surface area contributed by atoms with Crippen LogP contribution in [0.3, 0.4) is 0 Å². The maximum atomic E-state index is 12.8. The minimum absolute atomic E-state index is 0.271. The van der Waals surface area contributed by atoms with Gasteiger partial charge < -0.3 is 9.72 Å². The topological polar surface area (TPSA) is 58.2 Å². The molecule has 162 valence electrons. The zero-order valence-electron chi connectivity index (χ0n) is 16.6. The van der Waals surface area contributed by atoms with Crippen LogP contribution in [0.5, 0.6) is 5.75 Å². The number of nitrogens with one attached hydrogen (secondary N) is 1. The first kappa shape index (κ1) is 21.4. The minimum Gasteiger partial charge on any atom is -0.495 e. The van der Waals surface area contributed by atoms with Crippen LogP contribution >= 0.6 is 11.6 Å². The molecule has 0 fully saturated rings. The normalized spacial score (nSPS) is 14.4. The Morgan fingerprint density at radius 1 is 1.19 bits per heavy atom. The molecule has 0 saturated heterocycles. The van der Waals surface area contributed by atoms with Gasteiger partial charge in [0.2, 0.25) is 0 Å². The van der Waals surface area contributed by atoms with Crippen LogP contribution in [0.15, 0.2) is 47.3 Å². The quantitative estimate of drug-likeness (QED) is 0.628. The van der Waals surface area contributed by atoms with Gasteiger partial charge in [-0.05, 0) is 29.8 Å². The van der Waals surface area contributed by atoms with Gasteiger partial charge in [0.1, 0.15) is 11.6 Å². The monoisotopic (exact) mass is 449 g/mol. The average molecular weight is 450 g/mol. The lowest BCUT2D eigenvalue weighted by Gasteiger charge is -2.28. The minimum atomic E-state index is -4.41. The van der Waals surface area contributed by atoms with E-state index in [1.165, 1.54) is 12.1 Å². The van der Waals surface area contributed by atoms with Gasteiger partial charge in [0.25, 0.3) is 5.56 Å². The molecule has 9 heteroatoms. The van der Waals surface area contributed by atoms with E-state index in [0.29, 0.717) is 53.6 Å². The molecular formula is C22H19ClF3N3O2. The van der Waals surface area contributed by atoms with Crippen molar-refractivity contribution in [1.82, 2.24) is 14.9 Å². The Morgan fingerprint density at radius 2 is 1.94 bits per heavy atom. The number of rotatable bonds is 4. The molecule has 1 N–H and O–H groups in total. The molecule has 2 heterocycles. The third-order valence-electron chi connectivity index (χ3n) is 5.26. The SMILES string of the molecule is COc1ccc(CN2CCc3nc(-c4ccc(C(F)(F)F)cc4)[nH]c(=O)c3C2)cc1Cl. The zero-order valence-corrected chi connectivity index (χ0v) is 17.3. The van der Waals surface area contributed by atoms with Gasteiger partial charge in [-0.3, -0.25) is 9.69 Å². The third kappa shape index (κ3) is 4.60. The van der Waals surface area contributed by atoms with Crippen molar-refractivity contribution >= 4 is 11.6 Å². The number of halogens is 4. The van der Waals surface area contributed by atoms with E-state index in [-0.39, 0.29) is 11.4 Å². The number of ether oxygens (including phenoxy) is 1. The Kier molecular flexibility index (Phi) is 5.77. The highest BCUT2D eigenvalue weighted by atomic mass is 35.5. The van der Waals surface area contributed by atoms with E-state index in [1.54, 1.807) is 13.2 Å². The number of hydrogen-bond donors (Lipinski definition) is 1. The van der Waals surface area contributed by atoms with E-state index >= 15 is 0 Å². The number of nitrogens with zero attached hydrogens (tertiary/aromatic N) is 2. The van der Waals surface area contributed by atoms with Gasteiger partial charge in [-0.1, -0.05) is 29.8 Å². The van der Waals surface area contributed by atoms with E-state index in [1.807, 2.05) is 12.1 Å². The molecule has 5 nitrogen and oxygen atoms in total. The van der Waals surface area contributed by atoms with Crippen molar-refractivity contribution < 1.29 is 17.9 Å². The molecule has 2 aromatic carbocycles. The summed E-state index contributed by atoms with van der Waals surface area (Å²) in [5.41, 5.74) is 1.65. The highest BCUT2D eigenvalue weighted by Crippen LogP contribution is 2.31. The average Bonchev–Trinajstić information content (AvgIpc) is 2.74. The van der Waals surface area contributed by atoms with Crippen LogP contribution in [0.2, 0.25) is 5.02 Å². The molecule has 3 aromatic rings. The molecule has 1 aromatic heterocycles. The summed E-state index contributed by atoms with van der Waals surface area (Å²) >= 11 is 6.19. The van der Waals surface area contributed by atoms with Gasteiger partial charge >= 0.3 is 6.18 Å². The van der Waals surface area contributed by atoms with Crippen molar-refractivity contribution in [3.63, 3.8) is 0 Å². The number of fused-ring (bicyclic) bond motifs is 1. The van der Waals surface area contributed by atoms with Crippen molar-refractivity contribution in [3.05, 3.63) is 80.2 Å². The molecule has 0 amide bonds. The van der Waals surface area contributed by atoms with Crippen LogP contribution in [-0.4, -0.2) is 28.5 Å². The van der Waals surface area contributed by atoms with Gasteiger partial charge in [-0.15, -0.1) is 0 Å². The molecule has 0 unspecified atom stereocenters. The van der Waals surface area contributed by atoms with E-state index in [0.717, 1.165) is 17.7 Å². The molecule has 1 aliphatic heterocycles. The Labute approximate surface area is 181 Å². The van der Waals surface area contributed by atoms with Gasteiger partial charge in [0.05, 0.1) is 29.0 Å². The molecule has 0 spiro atoms. The second kappa shape index (κ2) is 8.36. The lowest BCUT2D eigenvalue weighted by atomic mass is 10.0. The number of aromatic nitrogens is 2. The molecule has 1 aliphatic rings. The molecule has 0 radical (unpaired) electrons. The first-order chi connectivity index (χ1) is 14.7. The van der Waals surface area contributed by atoms with E-state index < -0.39 is 11.7 Å². The number of methoxy groups -OCH3 is 1. The standard InChI is InChI=1S/C22H19ClF3N3O2/c1-31-19-7-2-13(10-17(19)23)11-29-9-8-18-16(12-29)21(30)28-20(27-18)14-3-5-15(6-4-14)22(24,25)26/h2-7,10H,8-9,11-12H2,1H3,(H,27,28,30). The van der Waals surface area contributed by atoms with E-state index in [4.69, 9.17) is 16.3 Å². The number of aromatic amines is 1. The van der Waals surface area contributed by atoms with Gasteiger partial charge in [0, 0.05) is 31.6 Å². The highest BCUT2D eigenvalue weighted by Gasteiger charge is 2.30. The lowest BCUT2D eigenvalue weighted by Crippen LogP contribution is -2.35. The third-order valence-corrected chi connectivity index (χ3v) is 5.55. The Hall–Kier alpha value is -2.84. The second-order valence-electron chi connectivity index (χ2n) is 7.34. The second-order valence-corrected chi connectivity index (χ2v) is 7.75. The fourth-order valence-electron chi connectivity index (χ4n) is 3.64. The highest BCUT2D eigenvalue weighted by molar-refractivity contribution is 6.32. The molecule has 31 heavy (non-hydrogen) atoms. The molecular weight excluding hydrogens is 431 g/mol. The first-order valence-corrected chi connectivity index (χ1v) is 9.97. The van der Waals surface area contributed by atoms with Crippen LogP contribution in [0, 0.1) is 0 Å². The van der Waals surface area contributed by atoms with Crippen LogP contribution < -0.4 is 10.3 Å². The number of benzene rings is 2. The van der Waals surface area contributed by atoms with Crippen LogP contribution in [0.4, 0.5) is 13.2 Å². The molecule has 0 saturated carbocycles. The Morgan fingerprint density at radius 3 is 2.58 bits per heavy atom. The molecule has 0 bridgehead atoms. The van der Waals surface area contributed by atoms with Crippen LogP contribution in [0.25, 0.3) is 11.4 Å². The van der Waals surface area contributed by atoms with Gasteiger partial charge in [-0.25, -0.2) is 4.98 Å². The smallest absolute Gasteiger partial charge is 0.416 e. The summed E-state index contributed by atoms with van der Waals surface area (Å²) in [7, 11) is 1.56. The van der Waals surface area contributed by atoms with Crippen molar-refractivity contribution in [2.75, 3.05) is 13.7 Å². The summed E-state index contributed by atoms with van der Waals surface area (Å²) in [4.78, 5) is 22.0. The number of hydrogen-bond acceptors (Lipinski definition) is 4. The summed E-state index contributed by atoms with van der Waals surface area (Å²) in [6, 6.07) is 10.2. The van der Waals surface area contributed by atoms with Crippen LogP contribution in [0.1, 0.15) is 22.4 Å². The largest absolute Gasteiger partial charge is 0.495 e. The van der Waals surface area contributed by atoms with Gasteiger partial charge in [-0.2, -0.15) is 13.2 Å². The summed E-state index contributed by atoms with van der Waals surface area (Å²) in [5, 5.41) is 0.526. The fraction of sp³-hybridized carbons (Fsp3) is 0.273. The summed E-state index contributed by atoms with van der Waals surface area (Å²) in [6.07, 6.45) is -3.84. The Balaban J connectivity index is 1.53. The maximum Gasteiger partial charge on any atom is 0.416 e. The summed E-state index contributed by atoms with van der Waals surface area (Å²) in [6.45, 7) is 1.73. The van der Waals surface area contributed by atoms with E-state index in [9.17, 15) is 18.0 Å². The Bertz CT molecular complexity index is 1160. The van der Waals surface area contributed by atoms with Crippen molar-refractivity contribution in [2.24, 2.45) is 0 Å². The molecule has 0 atom stereocenters. The van der Waals surface area contributed by atoms with Crippen molar-refractivity contribution in [2.45, 2.75) is 25.7 Å². The van der Waals surface area contributed by atoms with Gasteiger partial charge in [0.15, 0.2) is 0 Å². The lowest BCUT2D eigenvalue weighted by molar-refractivity contribution is -0.137. The van der Waals surface area contributed by atoms with Crippen molar-refractivity contribution in [3.8, 4) is 17.1 Å². The predicted octanol–water partition coefficient (Wildman–Crippen LogP) is 4.68. The van der Waals surface area contributed by atoms with E-state index in [2.05, 4.69) is 14.9 Å². The molecule has 0 aliphatic carbocycles. The molecule has 4 rings (SSSR count). The maximum absolute atomic E-state index is 12.8. The summed E-state index contributed by atoms with van der Waals surface area (Å²) in [5.74, 6) is 0.874. The summed E-state index contributed by atoms with van der Waals surface area (Å²) < 4.78 is 43.5. The zero-order chi connectivity index (χ0) is 22.2. The fourth-order valence-corrected chi connectivity index (χ4v) is 3.92. The predicted molar refractivity (Wildman–Crippen MR) is 111 cm³/mol. The number of H-pyrrole nitrogens is 1.